The summed E-state index contributed by atoms with van der Waals surface area (Å²) in [7, 11) is 1.29. The van der Waals surface area contributed by atoms with E-state index in [4.69, 9.17) is 9.84 Å². The van der Waals surface area contributed by atoms with E-state index in [1.54, 1.807) is 6.92 Å². The van der Waals surface area contributed by atoms with Crippen molar-refractivity contribution < 1.29 is 24.4 Å². The molecule has 0 fully saturated rings. The minimum atomic E-state index is -1.23. The maximum atomic E-state index is 12.2. The molecule has 22 heavy (non-hydrogen) atoms. The molecule has 1 heterocycles. The molecule has 1 aliphatic heterocycles. The second-order valence-electron chi connectivity index (χ2n) is 4.69. The Balaban J connectivity index is 2.64. The minimum Gasteiger partial charge on any atom is -0.490 e. The molecule has 0 unspecified atom stereocenters. The number of amides is 2. The molecule has 0 radical (unpaired) electrons. The van der Waals surface area contributed by atoms with Gasteiger partial charge in [0.15, 0.2) is 5.75 Å². The molecule has 1 aliphatic rings. The number of rotatable bonds is 3. The second kappa shape index (κ2) is 5.88. The normalized spacial score (nSPS) is 14.4. The van der Waals surface area contributed by atoms with Gasteiger partial charge in [0.25, 0.3) is 0 Å². The van der Waals surface area contributed by atoms with Crippen molar-refractivity contribution in [2.24, 2.45) is 0 Å². The Labute approximate surface area is 125 Å². The van der Waals surface area contributed by atoms with Crippen LogP contribution in [-0.2, 0) is 11.3 Å². The summed E-state index contributed by atoms with van der Waals surface area (Å²) >= 11 is 0. The Bertz CT molecular complexity index is 645. The third-order valence-corrected chi connectivity index (χ3v) is 3.44. The molecule has 9 heteroatoms. The summed E-state index contributed by atoms with van der Waals surface area (Å²) in [6, 6.07) is 2.66. The fourth-order valence-corrected chi connectivity index (χ4v) is 2.41. The molecule has 1 N–H and O–H groups in total. The van der Waals surface area contributed by atoms with E-state index in [1.807, 2.05) is 0 Å². The van der Waals surface area contributed by atoms with Gasteiger partial charge >= 0.3 is 11.8 Å². The Morgan fingerprint density at radius 1 is 1.45 bits per heavy atom. The van der Waals surface area contributed by atoms with Crippen molar-refractivity contribution in [2.45, 2.75) is 13.5 Å². The van der Waals surface area contributed by atoms with Crippen LogP contribution >= 0.6 is 0 Å². The molecule has 9 nitrogen and oxygen atoms in total. The Hall–Kier alpha value is -2.84. The first-order valence-electron chi connectivity index (χ1n) is 6.52. The van der Waals surface area contributed by atoms with Gasteiger partial charge < -0.3 is 14.7 Å². The highest BCUT2D eigenvalue weighted by atomic mass is 16.6. The van der Waals surface area contributed by atoms with E-state index in [0.717, 1.165) is 4.90 Å². The van der Waals surface area contributed by atoms with Crippen LogP contribution in [0.5, 0.6) is 5.75 Å². The van der Waals surface area contributed by atoms with Gasteiger partial charge in [-0.25, -0.2) is 4.79 Å². The van der Waals surface area contributed by atoms with Crippen molar-refractivity contribution in [3.8, 4) is 5.75 Å². The fraction of sp³-hybridized carbons (Fsp3) is 0.385. The van der Waals surface area contributed by atoms with Crippen LogP contribution in [0.1, 0.15) is 12.5 Å². The molecule has 1 aromatic carbocycles. The van der Waals surface area contributed by atoms with E-state index >= 15 is 0 Å². The van der Waals surface area contributed by atoms with Crippen molar-refractivity contribution in [3.63, 3.8) is 0 Å². The number of hydrogen-bond acceptors (Lipinski definition) is 5. The average Bonchev–Trinajstić information content (AvgIpc) is 2.60. The Morgan fingerprint density at radius 2 is 2.14 bits per heavy atom. The number of nitro groups is 1. The van der Waals surface area contributed by atoms with Crippen molar-refractivity contribution in [3.05, 3.63) is 27.8 Å². The van der Waals surface area contributed by atoms with E-state index in [1.165, 1.54) is 24.1 Å². The zero-order valence-corrected chi connectivity index (χ0v) is 12.1. The number of nitro benzene ring substituents is 1. The van der Waals surface area contributed by atoms with Crippen LogP contribution in [0.25, 0.3) is 0 Å². The Morgan fingerprint density at radius 3 is 2.64 bits per heavy atom. The standard InChI is InChI=1S/C13H15N3O6/c1-3-15-9-5-10(16(20)21)11(22-2)4-8(9)6-14(13(18)19)7-12(15)17/h4-5H,3,6-7H2,1-2H3,(H,18,19). The van der Waals surface area contributed by atoms with Crippen molar-refractivity contribution in [1.29, 1.82) is 0 Å². The van der Waals surface area contributed by atoms with Gasteiger partial charge in [0.1, 0.15) is 6.54 Å². The summed E-state index contributed by atoms with van der Waals surface area (Å²) < 4.78 is 4.99. The largest absolute Gasteiger partial charge is 0.490 e. The summed E-state index contributed by atoms with van der Waals surface area (Å²) in [6.45, 7) is 1.66. The van der Waals surface area contributed by atoms with Gasteiger partial charge in [-0.15, -0.1) is 0 Å². The summed E-state index contributed by atoms with van der Waals surface area (Å²) in [5, 5.41) is 20.3. The molecule has 0 atom stereocenters. The summed E-state index contributed by atoms with van der Waals surface area (Å²) in [5.41, 5.74) is 0.553. The molecule has 0 saturated carbocycles. The van der Waals surface area contributed by atoms with E-state index in [2.05, 4.69) is 0 Å². The molecule has 0 saturated heterocycles. The van der Waals surface area contributed by atoms with E-state index in [-0.39, 0.29) is 31.1 Å². The van der Waals surface area contributed by atoms with E-state index in [0.29, 0.717) is 11.3 Å². The maximum absolute atomic E-state index is 12.2. The zero-order valence-electron chi connectivity index (χ0n) is 12.1. The van der Waals surface area contributed by atoms with Crippen molar-refractivity contribution >= 4 is 23.4 Å². The molecule has 2 amide bonds. The van der Waals surface area contributed by atoms with Gasteiger partial charge in [-0.1, -0.05) is 0 Å². The number of likely N-dealkylation sites (N-methyl/N-ethyl adjacent to an activating group) is 1. The number of benzene rings is 1. The number of methoxy groups -OCH3 is 1. The van der Waals surface area contributed by atoms with Gasteiger partial charge in [-0.05, 0) is 18.6 Å². The third kappa shape index (κ3) is 2.65. The smallest absolute Gasteiger partial charge is 0.408 e. The molecule has 2 rings (SSSR count). The summed E-state index contributed by atoms with van der Waals surface area (Å²) in [4.78, 5) is 36.2. The molecule has 0 aromatic heterocycles. The monoisotopic (exact) mass is 309 g/mol. The maximum Gasteiger partial charge on any atom is 0.408 e. The van der Waals surface area contributed by atoms with Crippen LogP contribution in [0, 0.1) is 10.1 Å². The molecule has 0 bridgehead atoms. The highest BCUT2D eigenvalue weighted by Crippen LogP contribution is 2.36. The van der Waals surface area contributed by atoms with Crippen LogP contribution < -0.4 is 9.64 Å². The zero-order chi connectivity index (χ0) is 16.4. The third-order valence-electron chi connectivity index (χ3n) is 3.44. The quantitative estimate of drug-likeness (QED) is 0.667. The van der Waals surface area contributed by atoms with Crippen LogP contribution in [0.3, 0.4) is 0 Å². The highest BCUT2D eigenvalue weighted by molar-refractivity contribution is 5.98. The topological polar surface area (TPSA) is 113 Å². The van der Waals surface area contributed by atoms with Gasteiger partial charge in [0.05, 0.1) is 24.3 Å². The van der Waals surface area contributed by atoms with Gasteiger partial charge in [0, 0.05) is 12.6 Å². The van der Waals surface area contributed by atoms with Crippen molar-refractivity contribution in [2.75, 3.05) is 25.1 Å². The first kappa shape index (κ1) is 15.5. The Kier molecular flexibility index (Phi) is 4.15. The SMILES string of the molecule is CCN1C(=O)CN(C(=O)O)Cc2cc(OC)c([N+](=O)[O-])cc21. The highest BCUT2D eigenvalue weighted by Gasteiger charge is 2.31. The summed E-state index contributed by atoms with van der Waals surface area (Å²) in [6.07, 6.45) is -1.23. The lowest BCUT2D eigenvalue weighted by atomic mass is 10.1. The number of hydrogen-bond donors (Lipinski definition) is 1. The van der Waals surface area contributed by atoms with Gasteiger partial charge in [-0.3, -0.25) is 19.8 Å². The lowest BCUT2D eigenvalue weighted by Crippen LogP contribution is -2.39. The number of fused-ring (bicyclic) bond motifs is 1. The van der Waals surface area contributed by atoms with Crippen LogP contribution in [0.15, 0.2) is 12.1 Å². The number of carbonyl (C=O) groups is 2. The van der Waals surface area contributed by atoms with E-state index < -0.39 is 16.9 Å². The second-order valence-corrected chi connectivity index (χ2v) is 4.69. The lowest BCUT2D eigenvalue weighted by molar-refractivity contribution is -0.385. The first-order chi connectivity index (χ1) is 10.4. The number of nitrogens with zero attached hydrogens (tertiary/aromatic N) is 3. The van der Waals surface area contributed by atoms with Crippen LogP contribution in [0.2, 0.25) is 0 Å². The number of ether oxygens (including phenoxy) is 1. The average molecular weight is 309 g/mol. The lowest BCUT2D eigenvalue weighted by Gasteiger charge is -2.20. The molecule has 118 valence electrons. The molecular weight excluding hydrogens is 294 g/mol. The van der Waals surface area contributed by atoms with Gasteiger partial charge in [-0.2, -0.15) is 0 Å². The number of anilines is 1. The molecule has 0 aliphatic carbocycles. The number of carboxylic acid groups (broad SMARTS) is 1. The number of carbonyl (C=O) groups excluding carboxylic acids is 1. The fourth-order valence-electron chi connectivity index (χ4n) is 2.41. The van der Waals surface area contributed by atoms with Crippen LogP contribution in [0.4, 0.5) is 16.2 Å². The van der Waals surface area contributed by atoms with Crippen molar-refractivity contribution in [1.82, 2.24) is 4.90 Å². The molecule has 0 spiro atoms. The first-order valence-corrected chi connectivity index (χ1v) is 6.52. The van der Waals surface area contributed by atoms with Crippen LogP contribution in [-0.4, -0.2) is 47.1 Å². The molecular formula is C13H15N3O6. The predicted octanol–water partition coefficient (Wildman–Crippen LogP) is 1.45. The molecule has 1 aromatic rings. The van der Waals surface area contributed by atoms with E-state index in [9.17, 15) is 19.7 Å². The predicted molar refractivity (Wildman–Crippen MR) is 76.1 cm³/mol. The minimum absolute atomic E-state index is 0.0273. The summed E-state index contributed by atoms with van der Waals surface area (Å²) in [5.74, 6) is -0.400. The van der Waals surface area contributed by atoms with Gasteiger partial charge in [0.2, 0.25) is 5.91 Å².